The summed E-state index contributed by atoms with van der Waals surface area (Å²) in [6, 6.07) is 0. The van der Waals surface area contributed by atoms with E-state index in [-0.39, 0.29) is 0 Å². The van der Waals surface area contributed by atoms with Crippen molar-refractivity contribution >= 4 is 11.9 Å². The van der Waals surface area contributed by atoms with Crippen LogP contribution in [0, 0.1) is 5.41 Å². The fourth-order valence-corrected chi connectivity index (χ4v) is 8.49. The van der Waals surface area contributed by atoms with Gasteiger partial charge in [0.15, 0.2) is 0 Å². The molecule has 0 aliphatic rings. The Morgan fingerprint density at radius 3 is 0.661 bits per heavy atom. The van der Waals surface area contributed by atoms with E-state index in [4.69, 9.17) is 5.11 Å². The van der Waals surface area contributed by atoms with Crippen molar-refractivity contribution in [1.29, 1.82) is 0 Å². The lowest BCUT2D eigenvalue weighted by atomic mass is 9.74. The molecule has 0 aromatic heterocycles. The van der Waals surface area contributed by atoms with Crippen LogP contribution in [0.2, 0.25) is 0 Å². The van der Waals surface area contributed by atoms with E-state index in [1.807, 2.05) is 0 Å². The summed E-state index contributed by atoms with van der Waals surface area (Å²) >= 11 is 0. The molecule has 0 saturated heterocycles. The van der Waals surface area contributed by atoms with Crippen LogP contribution in [0.1, 0.15) is 317 Å². The molecule has 0 aromatic carbocycles. The third kappa shape index (κ3) is 44.1. The number of hydrogen-bond acceptors (Lipinski definition) is 2. The van der Waals surface area contributed by atoms with Crippen molar-refractivity contribution in [2.45, 2.75) is 317 Å². The first-order valence-electron chi connectivity index (χ1n) is 25.8. The fourth-order valence-electron chi connectivity index (χ4n) is 8.49. The van der Waals surface area contributed by atoms with E-state index < -0.39 is 17.4 Å². The van der Waals surface area contributed by atoms with Crippen LogP contribution in [-0.4, -0.2) is 22.2 Å². The largest absolute Gasteiger partial charge is 0.481 e. The molecule has 4 nitrogen and oxygen atoms in total. The summed E-state index contributed by atoms with van der Waals surface area (Å²) in [7, 11) is 0. The molecule has 0 amide bonds. The van der Waals surface area contributed by atoms with E-state index in [1.54, 1.807) is 0 Å². The van der Waals surface area contributed by atoms with Crippen LogP contribution in [0.15, 0.2) is 0 Å². The van der Waals surface area contributed by atoms with Gasteiger partial charge >= 0.3 is 11.9 Å². The lowest BCUT2D eigenvalue weighted by Gasteiger charge is -2.30. The molecule has 336 valence electrons. The third-order valence-corrected chi connectivity index (χ3v) is 12.5. The molecule has 0 aliphatic carbocycles. The van der Waals surface area contributed by atoms with E-state index in [1.165, 1.54) is 231 Å². The van der Waals surface area contributed by atoms with Gasteiger partial charge in [0.1, 0.15) is 0 Å². The zero-order valence-corrected chi connectivity index (χ0v) is 39.0. The van der Waals surface area contributed by atoms with Crippen LogP contribution in [-0.2, 0) is 9.59 Å². The minimum Gasteiger partial charge on any atom is -0.481 e. The second-order valence-corrected chi connectivity index (χ2v) is 18.1. The van der Waals surface area contributed by atoms with Gasteiger partial charge in [0, 0.05) is 6.42 Å². The minimum absolute atomic E-state index is 0.345. The second kappa shape index (κ2) is 48.3. The summed E-state index contributed by atoms with van der Waals surface area (Å²) in [4.78, 5) is 22.8. The molecule has 0 rings (SSSR count). The summed E-state index contributed by atoms with van der Waals surface area (Å²) < 4.78 is 0. The number of carboxylic acids is 2. The average molecular weight is 793 g/mol. The van der Waals surface area contributed by atoms with Gasteiger partial charge in [-0.3, -0.25) is 9.59 Å². The van der Waals surface area contributed by atoms with Gasteiger partial charge in [-0.25, -0.2) is 0 Å². The van der Waals surface area contributed by atoms with Crippen LogP contribution in [0.5, 0.6) is 0 Å². The highest BCUT2D eigenvalue weighted by molar-refractivity contribution is 5.74. The van der Waals surface area contributed by atoms with Crippen molar-refractivity contribution in [1.82, 2.24) is 0 Å². The van der Waals surface area contributed by atoms with Crippen LogP contribution >= 0.6 is 0 Å². The molecule has 0 spiro atoms. The van der Waals surface area contributed by atoms with Crippen molar-refractivity contribution in [3.63, 3.8) is 0 Å². The zero-order valence-electron chi connectivity index (χ0n) is 39.0. The Morgan fingerprint density at radius 1 is 0.286 bits per heavy atom. The maximum atomic E-state index is 12.5. The third-order valence-electron chi connectivity index (χ3n) is 12.5. The van der Waals surface area contributed by atoms with Crippen molar-refractivity contribution in [2.24, 2.45) is 5.41 Å². The molecule has 0 radical (unpaired) electrons. The predicted octanol–water partition coefficient (Wildman–Crippen LogP) is 18.8. The summed E-state index contributed by atoms with van der Waals surface area (Å²) in [6.45, 7) is 9.06. The number of hydrogen-bond donors (Lipinski definition) is 2. The van der Waals surface area contributed by atoms with Gasteiger partial charge in [-0.05, 0) is 25.7 Å². The van der Waals surface area contributed by atoms with Gasteiger partial charge in [-0.2, -0.15) is 0 Å². The van der Waals surface area contributed by atoms with Crippen molar-refractivity contribution in [3.05, 3.63) is 0 Å². The molecule has 1 unspecified atom stereocenters. The first-order valence-corrected chi connectivity index (χ1v) is 25.8. The fraction of sp³-hybridized carbons (Fsp3) is 0.962. The number of carbonyl (C=O) groups is 2. The second-order valence-electron chi connectivity index (χ2n) is 18.1. The molecule has 0 fully saturated rings. The average Bonchev–Trinajstić information content (AvgIpc) is 3.18. The van der Waals surface area contributed by atoms with Gasteiger partial charge in [0.05, 0.1) is 5.41 Å². The molecule has 2 N–H and O–H groups in total. The molecule has 0 saturated carbocycles. The molecule has 0 aromatic rings. The predicted molar refractivity (Wildman–Crippen MR) is 248 cm³/mol. The molecule has 4 heteroatoms. The quantitative estimate of drug-likeness (QED) is 0.0602. The highest BCUT2D eigenvalue weighted by atomic mass is 16.4. The molecule has 56 heavy (non-hydrogen) atoms. The Morgan fingerprint density at radius 2 is 0.464 bits per heavy atom. The van der Waals surface area contributed by atoms with Gasteiger partial charge in [-0.1, -0.05) is 285 Å². The SMILES string of the molecule is CCCCCCCCCCCCCCCCC(CCCCCC)(CCCCCCCCCC)C(=O)O.CCCCCCCCCCCCCCCCCC(=O)O. The normalized spacial score (nSPS) is 12.4. The summed E-state index contributed by atoms with van der Waals surface area (Å²) in [5, 5.41) is 18.8. The summed E-state index contributed by atoms with van der Waals surface area (Å²) in [6.07, 6.45) is 57.0. The van der Waals surface area contributed by atoms with Crippen molar-refractivity contribution in [2.75, 3.05) is 0 Å². The van der Waals surface area contributed by atoms with Gasteiger partial charge in [0.25, 0.3) is 0 Å². The smallest absolute Gasteiger partial charge is 0.309 e. The lowest BCUT2D eigenvalue weighted by Crippen LogP contribution is -2.31. The van der Waals surface area contributed by atoms with E-state index in [0.29, 0.717) is 6.42 Å². The number of carboxylic acid groups (broad SMARTS) is 2. The highest BCUT2D eigenvalue weighted by Gasteiger charge is 2.36. The van der Waals surface area contributed by atoms with E-state index >= 15 is 0 Å². The maximum Gasteiger partial charge on any atom is 0.309 e. The highest BCUT2D eigenvalue weighted by Crippen LogP contribution is 2.38. The number of rotatable bonds is 46. The molecular weight excluding hydrogens is 689 g/mol. The maximum absolute atomic E-state index is 12.5. The summed E-state index contributed by atoms with van der Waals surface area (Å²) in [5.41, 5.74) is -0.451. The van der Waals surface area contributed by atoms with Crippen molar-refractivity contribution in [3.8, 4) is 0 Å². The van der Waals surface area contributed by atoms with E-state index in [9.17, 15) is 14.7 Å². The monoisotopic (exact) mass is 793 g/mol. The molecule has 1 atom stereocenters. The topological polar surface area (TPSA) is 74.6 Å². The van der Waals surface area contributed by atoms with Crippen LogP contribution in [0.3, 0.4) is 0 Å². The molecule has 0 heterocycles. The number of unbranched alkanes of at least 4 members (excludes halogenated alkanes) is 37. The summed E-state index contributed by atoms with van der Waals surface area (Å²) in [5.74, 6) is -1.16. The standard InChI is InChI=1S/C34H68O2.C18H36O2/c1-4-7-10-13-15-17-18-19-20-21-22-24-26-29-32-34(33(35)36,30-27-12-9-6-3)31-28-25-23-16-14-11-8-5-2;1-2-3-4-5-6-7-8-9-10-11-12-13-14-15-16-17-18(19)20/h4-32H2,1-3H3,(H,35,36);2-17H2,1H3,(H,19,20). The van der Waals surface area contributed by atoms with Crippen LogP contribution < -0.4 is 0 Å². The van der Waals surface area contributed by atoms with Gasteiger partial charge in [0.2, 0.25) is 0 Å². The number of aliphatic carboxylic acids is 2. The molecular formula is C52H104O4. The minimum atomic E-state index is -0.653. The lowest BCUT2D eigenvalue weighted by molar-refractivity contribution is -0.151. The van der Waals surface area contributed by atoms with Gasteiger partial charge in [-0.15, -0.1) is 0 Å². The Hall–Kier alpha value is -1.06. The Balaban J connectivity index is 0. The molecule has 0 bridgehead atoms. The first kappa shape index (κ1) is 57.0. The Bertz CT molecular complexity index is 766. The Kier molecular flexibility index (Phi) is 49.2. The van der Waals surface area contributed by atoms with Crippen LogP contribution in [0.4, 0.5) is 0 Å². The van der Waals surface area contributed by atoms with Gasteiger partial charge < -0.3 is 10.2 Å². The Labute approximate surface area is 352 Å². The zero-order chi connectivity index (χ0) is 41.5. The molecule has 0 aliphatic heterocycles. The van der Waals surface area contributed by atoms with Crippen LogP contribution in [0.25, 0.3) is 0 Å². The first-order chi connectivity index (χ1) is 27.4. The van der Waals surface area contributed by atoms with E-state index in [0.717, 1.165) is 51.4 Å². The van der Waals surface area contributed by atoms with E-state index in [2.05, 4.69) is 27.7 Å². The van der Waals surface area contributed by atoms with Crippen molar-refractivity contribution < 1.29 is 19.8 Å².